The van der Waals surface area contributed by atoms with E-state index in [1.54, 1.807) is 0 Å². The highest BCUT2D eigenvalue weighted by molar-refractivity contribution is 5.89. The first-order chi connectivity index (χ1) is 9.43. The van der Waals surface area contributed by atoms with E-state index in [0.717, 1.165) is 27.6 Å². The molecule has 0 spiro atoms. The molecule has 0 radical (unpaired) electrons. The Labute approximate surface area is 110 Å². The molecule has 0 atom stereocenters. The van der Waals surface area contributed by atoms with Crippen molar-refractivity contribution in [2.24, 2.45) is 0 Å². The highest BCUT2D eigenvalue weighted by Crippen LogP contribution is 2.23. The average Bonchev–Trinajstić information content (AvgIpc) is 2.90. The Morgan fingerprint density at radius 1 is 0.789 bits per heavy atom. The fraction of sp³-hybridized carbons (Fsp3) is 0. The van der Waals surface area contributed by atoms with E-state index >= 15 is 0 Å². The molecule has 3 heteroatoms. The Balaban J connectivity index is 2.10. The third kappa shape index (κ3) is 1.52. The van der Waals surface area contributed by atoms with E-state index in [2.05, 4.69) is 38.8 Å². The molecule has 0 unspecified atom stereocenters. The second-order valence-corrected chi connectivity index (χ2v) is 4.46. The van der Waals surface area contributed by atoms with Crippen molar-refractivity contribution >= 4 is 21.9 Å². The van der Waals surface area contributed by atoms with Gasteiger partial charge in [0, 0.05) is 11.6 Å². The maximum atomic E-state index is 4.50. The van der Waals surface area contributed by atoms with Crippen LogP contribution in [0.3, 0.4) is 0 Å². The van der Waals surface area contributed by atoms with Crippen LogP contribution in [-0.4, -0.2) is 14.5 Å². The number of hydrogen-bond acceptors (Lipinski definition) is 2. The molecule has 3 nitrogen and oxygen atoms in total. The van der Waals surface area contributed by atoms with Crippen LogP contribution >= 0.6 is 0 Å². The summed E-state index contributed by atoms with van der Waals surface area (Å²) in [6.07, 6.45) is 3.68. The summed E-state index contributed by atoms with van der Waals surface area (Å²) in [5.74, 6) is 0. The van der Waals surface area contributed by atoms with Crippen molar-refractivity contribution < 1.29 is 0 Å². The number of imidazole rings is 1. The second kappa shape index (κ2) is 3.92. The smallest absolute Gasteiger partial charge is 0.100 e. The Hall–Kier alpha value is -2.68. The molecule has 0 fully saturated rings. The highest BCUT2D eigenvalue weighted by atomic mass is 15.1. The predicted octanol–water partition coefficient (Wildman–Crippen LogP) is 3.57. The zero-order valence-corrected chi connectivity index (χ0v) is 10.2. The predicted molar refractivity (Wildman–Crippen MR) is 76.4 cm³/mol. The van der Waals surface area contributed by atoms with Crippen molar-refractivity contribution in [2.45, 2.75) is 0 Å². The van der Waals surface area contributed by atoms with E-state index in [4.69, 9.17) is 0 Å². The van der Waals surface area contributed by atoms with Gasteiger partial charge in [-0.1, -0.05) is 30.3 Å². The minimum atomic E-state index is 0.994. The van der Waals surface area contributed by atoms with Gasteiger partial charge in [0.15, 0.2) is 0 Å². The Morgan fingerprint density at radius 2 is 1.68 bits per heavy atom. The van der Waals surface area contributed by atoms with Gasteiger partial charge >= 0.3 is 0 Å². The molecule has 0 amide bonds. The normalized spacial score (nSPS) is 11.2. The molecule has 0 saturated carbocycles. The first kappa shape index (κ1) is 10.3. The van der Waals surface area contributed by atoms with Crippen molar-refractivity contribution in [3.63, 3.8) is 0 Å². The number of pyridine rings is 1. The summed E-state index contributed by atoms with van der Waals surface area (Å²) in [6, 6.07) is 18.3. The van der Waals surface area contributed by atoms with Gasteiger partial charge in [0.05, 0.1) is 22.2 Å². The number of benzene rings is 2. The summed E-state index contributed by atoms with van der Waals surface area (Å²) in [5.41, 5.74) is 4.15. The van der Waals surface area contributed by atoms with E-state index in [1.165, 1.54) is 0 Å². The second-order valence-electron chi connectivity index (χ2n) is 4.46. The fourth-order valence-electron chi connectivity index (χ4n) is 2.43. The van der Waals surface area contributed by atoms with Gasteiger partial charge in [0.1, 0.15) is 6.33 Å². The molecular formula is C16H11N3. The van der Waals surface area contributed by atoms with Crippen LogP contribution in [0.4, 0.5) is 0 Å². The van der Waals surface area contributed by atoms with E-state index in [1.807, 2.05) is 42.9 Å². The molecular weight excluding hydrogens is 234 g/mol. The van der Waals surface area contributed by atoms with Crippen LogP contribution in [0, 0.1) is 0 Å². The maximum Gasteiger partial charge on any atom is 0.100 e. The van der Waals surface area contributed by atoms with Gasteiger partial charge in [0.2, 0.25) is 0 Å². The lowest BCUT2D eigenvalue weighted by atomic mass is 10.2. The molecule has 4 aromatic rings. The first-order valence-electron chi connectivity index (χ1n) is 6.20. The SMILES string of the molecule is c1cnc2c(-n3cnc4ccccc43)cccc2c1. The van der Waals surface area contributed by atoms with Crippen LogP contribution in [-0.2, 0) is 0 Å². The topological polar surface area (TPSA) is 30.7 Å². The Bertz CT molecular complexity index is 872. The summed E-state index contributed by atoms with van der Waals surface area (Å²) < 4.78 is 2.09. The van der Waals surface area contributed by atoms with Crippen LogP contribution in [0.1, 0.15) is 0 Å². The zero-order chi connectivity index (χ0) is 12.7. The Kier molecular flexibility index (Phi) is 2.12. The van der Waals surface area contributed by atoms with E-state index < -0.39 is 0 Å². The number of para-hydroxylation sites is 3. The van der Waals surface area contributed by atoms with Gasteiger partial charge in [-0.2, -0.15) is 0 Å². The molecule has 0 saturated heterocycles. The first-order valence-corrected chi connectivity index (χ1v) is 6.20. The number of nitrogens with zero attached hydrogens (tertiary/aromatic N) is 3. The van der Waals surface area contributed by atoms with Crippen molar-refractivity contribution in [1.29, 1.82) is 0 Å². The van der Waals surface area contributed by atoms with E-state index in [9.17, 15) is 0 Å². The molecule has 0 aliphatic heterocycles. The molecule has 19 heavy (non-hydrogen) atoms. The molecule has 90 valence electrons. The van der Waals surface area contributed by atoms with Crippen molar-refractivity contribution in [1.82, 2.24) is 14.5 Å². The van der Waals surface area contributed by atoms with E-state index in [-0.39, 0.29) is 0 Å². The molecule has 2 heterocycles. The van der Waals surface area contributed by atoms with Crippen LogP contribution in [0.2, 0.25) is 0 Å². The summed E-state index contributed by atoms with van der Waals surface area (Å²) in [6.45, 7) is 0. The fourth-order valence-corrected chi connectivity index (χ4v) is 2.43. The maximum absolute atomic E-state index is 4.50. The van der Waals surface area contributed by atoms with Gasteiger partial charge in [-0.15, -0.1) is 0 Å². The quantitative estimate of drug-likeness (QED) is 0.513. The minimum absolute atomic E-state index is 0.994. The number of hydrogen-bond donors (Lipinski definition) is 0. The summed E-state index contributed by atoms with van der Waals surface area (Å²) in [4.78, 5) is 8.93. The highest BCUT2D eigenvalue weighted by Gasteiger charge is 2.07. The largest absolute Gasteiger partial charge is 0.297 e. The van der Waals surface area contributed by atoms with Crippen LogP contribution < -0.4 is 0 Å². The molecule has 0 aliphatic carbocycles. The monoisotopic (exact) mass is 245 g/mol. The van der Waals surface area contributed by atoms with Crippen LogP contribution in [0.5, 0.6) is 0 Å². The van der Waals surface area contributed by atoms with E-state index in [0.29, 0.717) is 0 Å². The lowest BCUT2D eigenvalue weighted by Crippen LogP contribution is -1.94. The minimum Gasteiger partial charge on any atom is -0.297 e. The number of aromatic nitrogens is 3. The lowest BCUT2D eigenvalue weighted by molar-refractivity contribution is 1.10. The number of rotatable bonds is 1. The van der Waals surface area contributed by atoms with Crippen molar-refractivity contribution in [2.75, 3.05) is 0 Å². The van der Waals surface area contributed by atoms with Crippen molar-refractivity contribution in [3.8, 4) is 5.69 Å². The third-order valence-corrected chi connectivity index (χ3v) is 3.32. The molecule has 4 rings (SSSR count). The third-order valence-electron chi connectivity index (χ3n) is 3.32. The average molecular weight is 245 g/mol. The standard InChI is InChI=1S/C16H11N3/c1-2-8-14-13(7-1)18-11-19(14)15-9-3-5-12-6-4-10-17-16(12)15/h1-11H. The molecule has 2 aromatic carbocycles. The van der Waals surface area contributed by atoms with Gasteiger partial charge in [0.25, 0.3) is 0 Å². The van der Waals surface area contributed by atoms with Crippen LogP contribution in [0.15, 0.2) is 67.1 Å². The molecule has 0 aliphatic rings. The van der Waals surface area contributed by atoms with Gasteiger partial charge in [-0.05, 0) is 24.3 Å². The molecule has 2 aromatic heterocycles. The van der Waals surface area contributed by atoms with Gasteiger partial charge in [-0.25, -0.2) is 4.98 Å². The van der Waals surface area contributed by atoms with Gasteiger partial charge < -0.3 is 0 Å². The van der Waals surface area contributed by atoms with Gasteiger partial charge in [-0.3, -0.25) is 9.55 Å². The number of fused-ring (bicyclic) bond motifs is 2. The lowest BCUT2D eigenvalue weighted by Gasteiger charge is -2.07. The zero-order valence-electron chi connectivity index (χ0n) is 10.2. The summed E-state index contributed by atoms with van der Waals surface area (Å²) in [7, 11) is 0. The van der Waals surface area contributed by atoms with Crippen LogP contribution in [0.25, 0.3) is 27.6 Å². The summed E-state index contributed by atoms with van der Waals surface area (Å²) in [5, 5.41) is 1.14. The molecule has 0 bridgehead atoms. The molecule has 0 N–H and O–H groups in total. The van der Waals surface area contributed by atoms with Crippen molar-refractivity contribution in [3.05, 3.63) is 67.1 Å². The Morgan fingerprint density at radius 3 is 2.68 bits per heavy atom. The summed E-state index contributed by atoms with van der Waals surface area (Å²) >= 11 is 0.